The summed E-state index contributed by atoms with van der Waals surface area (Å²) in [5.41, 5.74) is 4.01. The Morgan fingerprint density at radius 3 is 2.16 bits per heavy atom. The maximum atomic E-state index is 12.2. The molecule has 158 valence electrons. The van der Waals surface area contributed by atoms with E-state index in [0.717, 1.165) is 28.6 Å². The van der Waals surface area contributed by atoms with E-state index in [1.165, 1.54) is 17.7 Å². The van der Waals surface area contributed by atoms with E-state index in [1.807, 2.05) is 30.3 Å². The summed E-state index contributed by atoms with van der Waals surface area (Å²) < 4.78 is 2.18. The molecule has 1 N–H and O–H groups in total. The average Bonchev–Trinajstić information content (AvgIpc) is 3.20. The molecule has 0 bridgehead atoms. The second-order valence-electron chi connectivity index (χ2n) is 7.62. The Labute approximate surface area is 186 Å². The van der Waals surface area contributed by atoms with E-state index < -0.39 is 0 Å². The number of rotatable bonds is 8. The molecule has 32 heavy (non-hydrogen) atoms. The number of hydrogen-bond donors (Lipinski definition) is 1. The second kappa shape index (κ2) is 9.75. The smallest absolute Gasteiger partial charge is 0.163 e. The lowest BCUT2D eigenvalue weighted by Gasteiger charge is -2.06. The van der Waals surface area contributed by atoms with Crippen molar-refractivity contribution in [3.8, 4) is 5.75 Å². The first-order valence-corrected chi connectivity index (χ1v) is 10.4. The standard InChI is InChI=1S/C28H23NO3/c30-25-12-7-21(8-13-25)9-14-26(31)19-27(32)15-10-22-6-11-24-16-17-29(28(24)18-22)20-23-4-2-1-3-5-23/h1-18,30H,19-20H2/b14-9+,15-10+. The number of ketones is 2. The average molecular weight is 421 g/mol. The Kier molecular flexibility index (Phi) is 6.42. The van der Waals surface area contributed by atoms with Crippen LogP contribution in [0.1, 0.15) is 23.1 Å². The number of carbonyl (C=O) groups excluding carboxylic acids is 2. The van der Waals surface area contributed by atoms with Crippen LogP contribution in [0.4, 0.5) is 0 Å². The van der Waals surface area contributed by atoms with Crippen molar-refractivity contribution < 1.29 is 14.7 Å². The molecule has 0 saturated carbocycles. The number of aromatic hydroxyl groups is 1. The number of benzene rings is 3. The van der Waals surface area contributed by atoms with Crippen LogP contribution in [0.3, 0.4) is 0 Å². The second-order valence-corrected chi connectivity index (χ2v) is 7.62. The zero-order valence-corrected chi connectivity index (χ0v) is 17.5. The van der Waals surface area contributed by atoms with E-state index in [1.54, 1.807) is 36.4 Å². The third kappa shape index (κ3) is 5.49. The lowest BCUT2D eigenvalue weighted by atomic mass is 10.1. The fourth-order valence-corrected chi connectivity index (χ4v) is 3.48. The molecule has 0 amide bonds. The zero-order chi connectivity index (χ0) is 22.3. The van der Waals surface area contributed by atoms with Crippen LogP contribution in [0, 0.1) is 0 Å². The highest BCUT2D eigenvalue weighted by atomic mass is 16.3. The van der Waals surface area contributed by atoms with Gasteiger partial charge in [-0.2, -0.15) is 0 Å². The molecule has 0 aliphatic rings. The van der Waals surface area contributed by atoms with Gasteiger partial charge in [-0.25, -0.2) is 0 Å². The van der Waals surface area contributed by atoms with Gasteiger partial charge in [0.25, 0.3) is 0 Å². The molecule has 0 aliphatic carbocycles. The molecule has 0 fully saturated rings. The number of carbonyl (C=O) groups is 2. The van der Waals surface area contributed by atoms with Crippen molar-refractivity contribution in [2.45, 2.75) is 13.0 Å². The lowest BCUT2D eigenvalue weighted by Crippen LogP contribution is -2.01. The van der Waals surface area contributed by atoms with Gasteiger partial charge in [-0.05, 0) is 58.5 Å². The molecule has 0 spiro atoms. The third-order valence-corrected chi connectivity index (χ3v) is 5.16. The number of aromatic nitrogens is 1. The zero-order valence-electron chi connectivity index (χ0n) is 17.5. The SMILES string of the molecule is O=C(/C=C/c1ccc(O)cc1)CC(=O)/C=C/c1ccc2ccn(Cc3ccccc3)c2c1. The van der Waals surface area contributed by atoms with Gasteiger partial charge in [0.1, 0.15) is 5.75 Å². The normalized spacial score (nSPS) is 11.5. The van der Waals surface area contributed by atoms with Crippen molar-refractivity contribution in [3.63, 3.8) is 0 Å². The van der Waals surface area contributed by atoms with Crippen molar-refractivity contribution in [2.24, 2.45) is 0 Å². The molecular formula is C28H23NO3. The molecule has 3 aromatic carbocycles. The summed E-state index contributed by atoms with van der Waals surface area (Å²) in [4.78, 5) is 24.3. The third-order valence-electron chi connectivity index (χ3n) is 5.16. The fourth-order valence-electron chi connectivity index (χ4n) is 3.48. The number of phenols is 1. The largest absolute Gasteiger partial charge is 0.508 e. The number of phenolic OH excluding ortho intramolecular Hbond substituents is 1. The first-order chi connectivity index (χ1) is 15.6. The highest BCUT2D eigenvalue weighted by Crippen LogP contribution is 2.20. The summed E-state index contributed by atoms with van der Waals surface area (Å²) in [5, 5.41) is 10.4. The van der Waals surface area contributed by atoms with Gasteiger partial charge in [0.05, 0.1) is 6.42 Å². The van der Waals surface area contributed by atoms with Gasteiger partial charge >= 0.3 is 0 Å². The summed E-state index contributed by atoms with van der Waals surface area (Å²) in [5.74, 6) is -0.343. The molecule has 0 saturated heterocycles. The molecule has 0 atom stereocenters. The van der Waals surface area contributed by atoms with Crippen molar-refractivity contribution in [2.75, 3.05) is 0 Å². The van der Waals surface area contributed by atoms with Crippen LogP contribution in [0.25, 0.3) is 23.1 Å². The maximum absolute atomic E-state index is 12.2. The monoisotopic (exact) mass is 421 g/mol. The Morgan fingerprint density at radius 1 is 0.781 bits per heavy atom. The highest BCUT2D eigenvalue weighted by Gasteiger charge is 2.05. The van der Waals surface area contributed by atoms with Crippen LogP contribution in [0.2, 0.25) is 0 Å². The van der Waals surface area contributed by atoms with E-state index in [0.29, 0.717) is 0 Å². The summed E-state index contributed by atoms with van der Waals surface area (Å²) in [7, 11) is 0. The number of allylic oxidation sites excluding steroid dienone is 2. The topological polar surface area (TPSA) is 59.3 Å². The maximum Gasteiger partial charge on any atom is 0.163 e. The molecule has 4 aromatic rings. The van der Waals surface area contributed by atoms with Gasteiger partial charge < -0.3 is 9.67 Å². The Bertz CT molecular complexity index is 1300. The summed E-state index contributed by atoms with van der Waals surface area (Å²) in [6, 6.07) is 24.9. The first kappa shape index (κ1) is 21.1. The Balaban J connectivity index is 1.40. The number of fused-ring (bicyclic) bond motifs is 1. The molecular weight excluding hydrogens is 398 g/mol. The molecule has 1 heterocycles. The molecule has 4 nitrogen and oxygen atoms in total. The van der Waals surface area contributed by atoms with Gasteiger partial charge in [0.15, 0.2) is 11.6 Å². The Morgan fingerprint density at radius 2 is 1.44 bits per heavy atom. The predicted molar refractivity (Wildman–Crippen MR) is 128 cm³/mol. The molecule has 0 radical (unpaired) electrons. The van der Waals surface area contributed by atoms with Crippen molar-refractivity contribution in [1.82, 2.24) is 4.57 Å². The molecule has 4 rings (SSSR count). The van der Waals surface area contributed by atoms with Crippen molar-refractivity contribution in [1.29, 1.82) is 0 Å². The van der Waals surface area contributed by atoms with Gasteiger partial charge in [0, 0.05) is 18.3 Å². The van der Waals surface area contributed by atoms with Crippen LogP contribution in [-0.2, 0) is 16.1 Å². The van der Waals surface area contributed by atoms with Crippen LogP contribution in [-0.4, -0.2) is 21.2 Å². The summed E-state index contributed by atoms with van der Waals surface area (Å²) in [6.07, 6.45) is 8.11. The highest BCUT2D eigenvalue weighted by molar-refractivity contribution is 6.11. The van der Waals surface area contributed by atoms with Gasteiger partial charge in [0.2, 0.25) is 0 Å². The van der Waals surface area contributed by atoms with Gasteiger partial charge in [-0.3, -0.25) is 9.59 Å². The quantitative estimate of drug-likeness (QED) is 0.295. The van der Waals surface area contributed by atoms with Crippen molar-refractivity contribution >= 4 is 34.6 Å². The summed E-state index contributed by atoms with van der Waals surface area (Å²) >= 11 is 0. The van der Waals surface area contributed by atoms with Gasteiger partial charge in [-0.1, -0.05) is 66.7 Å². The minimum Gasteiger partial charge on any atom is -0.508 e. The van der Waals surface area contributed by atoms with E-state index in [-0.39, 0.29) is 23.7 Å². The van der Waals surface area contributed by atoms with Crippen LogP contribution < -0.4 is 0 Å². The minimum absolute atomic E-state index is 0.166. The molecule has 0 aliphatic heterocycles. The number of hydrogen-bond acceptors (Lipinski definition) is 3. The number of nitrogens with zero attached hydrogens (tertiary/aromatic N) is 1. The molecule has 1 aromatic heterocycles. The van der Waals surface area contributed by atoms with E-state index in [4.69, 9.17) is 0 Å². The van der Waals surface area contributed by atoms with Crippen LogP contribution >= 0.6 is 0 Å². The fraction of sp³-hybridized carbons (Fsp3) is 0.0714. The summed E-state index contributed by atoms with van der Waals surface area (Å²) in [6.45, 7) is 0.776. The predicted octanol–water partition coefficient (Wildman–Crippen LogP) is 5.65. The van der Waals surface area contributed by atoms with Crippen molar-refractivity contribution in [3.05, 3.63) is 114 Å². The van der Waals surface area contributed by atoms with Gasteiger partial charge in [-0.15, -0.1) is 0 Å². The van der Waals surface area contributed by atoms with E-state index in [2.05, 4.69) is 35.0 Å². The Hall–Kier alpha value is -4.18. The lowest BCUT2D eigenvalue weighted by molar-refractivity contribution is -0.121. The molecule has 4 heteroatoms. The minimum atomic E-state index is -0.264. The first-order valence-electron chi connectivity index (χ1n) is 10.4. The van der Waals surface area contributed by atoms with E-state index in [9.17, 15) is 14.7 Å². The van der Waals surface area contributed by atoms with Crippen LogP contribution in [0.5, 0.6) is 5.75 Å². The van der Waals surface area contributed by atoms with Crippen LogP contribution in [0.15, 0.2) is 97.2 Å². The van der Waals surface area contributed by atoms with E-state index >= 15 is 0 Å². The molecule has 0 unspecified atom stereocenters.